The van der Waals surface area contributed by atoms with Gasteiger partial charge in [-0.1, -0.05) is 12.1 Å². The Kier molecular flexibility index (Phi) is 7.77. The molecule has 0 unspecified atom stereocenters. The van der Waals surface area contributed by atoms with Gasteiger partial charge in [0.15, 0.2) is 0 Å². The maximum atomic E-state index is 11.9. The van der Waals surface area contributed by atoms with Gasteiger partial charge in [0.05, 0.1) is 18.8 Å². The number of carbonyl (C=O) groups is 3. The van der Waals surface area contributed by atoms with E-state index < -0.39 is 35.8 Å². The lowest BCUT2D eigenvalue weighted by atomic mass is 10.2. The Hall–Kier alpha value is -3.23. The summed E-state index contributed by atoms with van der Waals surface area (Å²) < 4.78 is 9.43. The number of hydrogen-bond acceptors (Lipinski definition) is 8. The van der Waals surface area contributed by atoms with E-state index in [1.807, 2.05) is 0 Å². The molecule has 9 heteroatoms. The highest BCUT2D eigenvalue weighted by molar-refractivity contribution is 5.93. The van der Waals surface area contributed by atoms with Crippen LogP contribution in [0.3, 0.4) is 0 Å². The first kappa shape index (κ1) is 19.8. The predicted molar refractivity (Wildman–Crippen MR) is 85.5 cm³/mol. The molecule has 2 N–H and O–H groups in total. The van der Waals surface area contributed by atoms with Crippen molar-refractivity contribution in [2.24, 2.45) is 10.2 Å². The van der Waals surface area contributed by atoms with Crippen molar-refractivity contribution >= 4 is 23.6 Å². The molecular formula is C16H18N2O7. The van der Waals surface area contributed by atoms with Crippen molar-refractivity contribution in [3.8, 4) is 0 Å². The zero-order valence-corrected chi connectivity index (χ0v) is 13.8. The van der Waals surface area contributed by atoms with Crippen LogP contribution in [0.25, 0.3) is 0 Å². The Morgan fingerprint density at radius 1 is 1.04 bits per heavy atom. The van der Waals surface area contributed by atoms with E-state index in [1.165, 1.54) is 24.3 Å². The molecule has 0 aromatic heterocycles. The molecule has 1 aromatic carbocycles. The van der Waals surface area contributed by atoms with Crippen LogP contribution in [0, 0.1) is 0 Å². The minimum Gasteiger partial charge on any atom is -0.509 e. The summed E-state index contributed by atoms with van der Waals surface area (Å²) in [4.78, 5) is 34.5. The van der Waals surface area contributed by atoms with Crippen LogP contribution in [0.15, 0.2) is 46.0 Å². The Bertz CT molecular complexity index is 710. The van der Waals surface area contributed by atoms with E-state index in [0.717, 1.165) is 0 Å². The first-order chi connectivity index (χ1) is 11.9. The molecule has 0 bridgehead atoms. The zero-order chi connectivity index (χ0) is 18.8. The number of carbonyl (C=O) groups excluding carboxylic acids is 2. The second kappa shape index (κ2) is 9.81. The third-order valence-corrected chi connectivity index (χ3v) is 2.75. The number of hydrogen-bond donors (Lipinski definition) is 2. The third-order valence-electron chi connectivity index (χ3n) is 2.75. The predicted octanol–water partition coefficient (Wildman–Crippen LogP) is 2.75. The molecule has 1 rings (SSSR count). The molecule has 0 aliphatic heterocycles. The highest BCUT2D eigenvalue weighted by atomic mass is 16.5. The van der Waals surface area contributed by atoms with E-state index in [4.69, 9.17) is 9.84 Å². The van der Waals surface area contributed by atoms with Crippen LogP contribution < -0.4 is 0 Å². The number of esters is 2. The third kappa shape index (κ3) is 6.05. The van der Waals surface area contributed by atoms with Crippen LogP contribution >= 0.6 is 0 Å². The number of benzene rings is 1. The molecule has 25 heavy (non-hydrogen) atoms. The number of aromatic carboxylic acids is 1. The second-order valence-electron chi connectivity index (χ2n) is 4.52. The van der Waals surface area contributed by atoms with Gasteiger partial charge in [-0.3, -0.25) is 4.79 Å². The minimum atomic E-state index is -1.23. The van der Waals surface area contributed by atoms with E-state index in [0.29, 0.717) is 0 Å². The van der Waals surface area contributed by atoms with Gasteiger partial charge < -0.3 is 19.7 Å². The van der Waals surface area contributed by atoms with Gasteiger partial charge in [0, 0.05) is 0 Å². The number of aliphatic hydroxyl groups is 1. The number of nitrogens with zero attached hydrogens (tertiary/aromatic N) is 2. The molecule has 134 valence electrons. The normalized spacial score (nSPS) is 11.8. The summed E-state index contributed by atoms with van der Waals surface area (Å²) in [5, 5.41) is 26.3. The topological polar surface area (TPSA) is 135 Å². The quantitative estimate of drug-likeness (QED) is 0.318. The summed E-state index contributed by atoms with van der Waals surface area (Å²) in [7, 11) is 0. The second-order valence-corrected chi connectivity index (χ2v) is 4.52. The summed E-state index contributed by atoms with van der Waals surface area (Å²) in [5.74, 6) is -3.68. The fourth-order valence-corrected chi connectivity index (χ4v) is 1.69. The Labute approximate surface area is 143 Å². The van der Waals surface area contributed by atoms with Crippen LogP contribution in [-0.4, -0.2) is 41.3 Å². The zero-order valence-electron chi connectivity index (χ0n) is 13.8. The number of aliphatic hydroxyl groups excluding tert-OH is 1. The van der Waals surface area contributed by atoms with E-state index in [2.05, 4.69) is 15.0 Å². The molecule has 0 amide bonds. The van der Waals surface area contributed by atoms with Crippen molar-refractivity contribution < 1.29 is 34.1 Å². The molecule has 0 fully saturated rings. The van der Waals surface area contributed by atoms with Crippen LogP contribution in [0.5, 0.6) is 0 Å². The lowest BCUT2D eigenvalue weighted by Crippen LogP contribution is -2.12. The van der Waals surface area contributed by atoms with Crippen molar-refractivity contribution in [2.75, 3.05) is 13.2 Å². The van der Waals surface area contributed by atoms with Crippen LogP contribution in [-0.2, 0) is 19.1 Å². The molecule has 0 saturated carbocycles. The van der Waals surface area contributed by atoms with Gasteiger partial charge in [-0.2, -0.15) is 0 Å². The highest BCUT2D eigenvalue weighted by Gasteiger charge is 2.20. The van der Waals surface area contributed by atoms with E-state index in [9.17, 15) is 19.5 Å². The van der Waals surface area contributed by atoms with Gasteiger partial charge in [-0.05, 0) is 26.0 Å². The van der Waals surface area contributed by atoms with Gasteiger partial charge in [-0.25, -0.2) is 9.59 Å². The lowest BCUT2D eigenvalue weighted by molar-refractivity contribution is -0.142. The highest BCUT2D eigenvalue weighted by Crippen LogP contribution is 2.21. The summed E-state index contributed by atoms with van der Waals surface area (Å²) >= 11 is 0. The van der Waals surface area contributed by atoms with Crippen molar-refractivity contribution in [3.63, 3.8) is 0 Å². The van der Waals surface area contributed by atoms with Crippen LogP contribution in [0.1, 0.15) is 30.6 Å². The molecule has 1 aromatic rings. The average molecular weight is 350 g/mol. The standard InChI is InChI=1S/C16H18N2O7/c1-3-24-13(20)9-12(19)14(16(23)25-4-2)18-17-11-8-6-5-7-10(11)15(21)22/h5-8,19H,3-4,9H2,1-2H3,(H,21,22)/b14-12-,18-17?. The van der Waals surface area contributed by atoms with Gasteiger partial charge in [0.2, 0.25) is 5.70 Å². The van der Waals surface area contributed by atoms with Crippen molar-refractivity contribution in [1.29, 1.82) is 0 Å². The lowest BCUT2D eigenvalue weighted by Gasteiger charge is -2.06. The molecule has 0 saturated heterocycles. The first-order valence-electron chi connectivity index (χ1n) is 7.39. The van der Waals surface area contributed by atoms with E-state index in [-0.39, 0.29) is 24.5 Å². The van der Waals surface area contributed by atoms with Gasteiger partial charge in [0.25, 0.3) is 0 Å². The molecule has 0 spiro atoms. The van der Waals surface area contributed by atoms with Crippen LogP contribution in [0.4, 0.5) is 5.69 Å². The van der Waals surface area contributed by atoms with Crippen LogP contribution in [0.2, 0.25) is 0 Å². The number of carboxylic acid groups (broad SMARTS) is 1. The monoisotopic (exact) mass is 350 g/mol. The molecule has 0 heterocycles. The number of carboxylic acids is 1. The van der Waals surface area contributed by atoms with Gasteiger partial charge >= 0.3 is 17.9 Å². The average Bonchev–Trinajstić information content (AvgIpc) is 2.55. The largest absolute Gasteiger partial charge is 0.509 e. The Balaban J connectivity index is 3.19. The maximum absolute atomic E-state index is 11.9. The number of rotatable bonds is 8. The fourth-order valence-electron chi connectivity index (χ4n) is 1.69. The van der Waals surface area contributed by atoms with Crippen molar-refractivity contribution in [2.45, 2.75) is 20.3 Å². The Morgan fingerprint density at radius 3 is 2.28 bits per heavy atom. The van der Waals surface area contributed by atoms with E-state index in [1.54, 1.807) is 13.8 Å². The molecule has 0 aliphatic rings. The summed E-state index contributed by atoms with van der Waals surface area (Å²) in [6, 6.07) is 5.72. The first-order valence-corrected chi connectivity index (χ1v) is 7.39. The van der Waals surface area contributed by atoms with Gasteiger partial charge in [0.1, 0.15) is 17.9 Å². The van der Waals surface area contributed by atoms with Crippen molar-refractivity contribution in [1.82, 2.24) is 0 Å². The minimum absolute atomic E-state index is 0.0102. The molecule has 0 radical (unpaired) electrons. The molecule has 0 aliphatic carbocycles. The Morgan fingerprint density at radius 2 is 1.68 bits per heavy atom. The van der Waals surface area contributed by atoms with Crippen molar-refractivity contribution in [3.05, 3.63) is 41.3 Å². The smallest absolute Gasteiger partial charge is 0.362 e. The molecule has 0 atom stereocenters. The fraction of sp³-hybridized carbons (Fsp3) is 0.312. The SMILES string of the molecule is CCOC(=O)C/C(O)=C(/N=Nc1ccccc1C(=O)O)C(=O)OCC. The molecular weight excluding hydrogens is 332 g/mol. The number of azo groups is 1. The van der Waals surface area contributed by atoms with Gasteiger partial charge in [-0.15, -0.1) is 10.2 Å². The summed E-state index contributed by atoms with van der Waals surface area (Å²) in [6.07, 6.45) is -0.596. The summed E-state index contributed by atoms with van der Waals surface area (Å²) in [6.45, 7) is 3.26. The van der Waals surface area contributed by atoms with E-state index >= 15 is 0 Å². The number of ether oxygens (including phenoxy) is 2. The molecule has 9 nitrogen and oxygen atoms in total. The summed E-state index contributed by atoms with van der Waals surface area (Å²) in [5.41, 5.74) is -0.768. The maximum Gasteiger partial charge on any atom is 0.362 e.